The van der Waals surface area contributed by atoms with Crippen LogP contribution in [-0.2, 0) is 11.3 Å². The Hall–Kier alpha value is -2.49. The molecule has 2 aromatic rings. The highest BCUT2D eigenvalue weighted by molar-refractivity contribution is 6.05. The molecule has 3 rings (SSSR count). The molecule has 0 fully saturated rings. The van der Waals surface area contributed by atoms with E-state index in [1.54, 1.807) is 12.4 Å². The van der Waals surface area contributed by atoms with Gasteiger partial charge in [-0.1, -0.05) is 35.9 Å². The number of benzene rings is 1. The Labute approximate surface area is 123 Å². The van der Waals surface area contributed by atoms with Crippen molar-refractivity contribution in [3.63, 3.8) is 0 Å². The van der Waals surface area contributed by atoms with Gasteiger partial charge in [0.2, 0.25) is 5.91 Å². The topological polar surface area (TPSA) is 54.9 Å². The molecule has 1 amide bonds. The first-order chi connectivity index (χ1) is 10.2. The third-order valence-corrected chi connectivity index (χ3v) is 3.69. The van der Waals surface area contributed by atoms with E-state index in [1.165, 1.54) is 0 Å². The summed E-state index contributed by atoms with van der Waals surface area (Å²) in [6.07, 6.45) is 3.40. The van der Waals surface area contributed by atoms with Crippen LogP contribution >= 0.6 is 0 Å². The third-order valence-electron chi connectivity index (χ3n) is 3.69. The quantitative estimate of drug-likeness (QED) is 0.935. The van der Waals surface area contributed by atoms with Crippen LogP contribution in [-0.4, -0.2) is 15.9 Å². The van der Waals surface area contributed by atoms with Crippen LogP contribution < -0.4 is 5.32 Å². The molecule has 1 aliphatic rings. The Balaban J connectivity index is 1.59. The summed E-state index contributed by atoms with van der Waals surface area (Å²) >= 11 is 0. The van der Waals surface area contributed by atoms with Gasteiger partial charge in [-0.05, 0) is 25.0 Å². The monoisotopic (exact) mass is 279 g/mol. The van der Waals surface area contributed by atoms with Crippen LogP contribution in [0.25, 0.3) is 5.57 Å². The number of amides is 1. The average molecular weight is 279 g/mol. The normalized spacial score (nSPS) is 16.8. The van der Waals surface area contributed by atoms with E-state index in [0.717, 1.165) is 28.1 Å². The van der Waals surface area contributed by atoms with Crippen molar-refractivity contribution in [2.45, 2.75) is 20.4 Å². The van der Waals surface area contributed by atoms with Crippen molar-refractivity contribution in [3.8, 4) is 0 Å². The summed E-state index contributed by atoms with van der Waals surface area (Å²) in [6.45, 7) is 4.31. The number of rotatable bonds is 4. The fourth-order valence-electron chi connectivity index (χ4n) is 2.46. The molecule has 0 aliphatic heterocycles. The molecule has 1 atom stereocenters. The van der Waals surface area contributed by atoms with Crippen molar-refractivity contribution in [2.24, 2.45) is 5.92 Å². The zero-order valence-corrected chi connectivity index (χ0v) is 12.1. The highest BCUT2D eigenvalue weighted by Gasteiger charge is 2.39. The van der Waals surface area contributed by atoms with Gasteiger partial charge in [0.25, 0.3) is 0 Å². The number of nitrogens with one attached hydrogen (secondary N) is 1. The van der Waals surface area contributed by atoms with Gasteiger partial charge in [0.1, 0.15) is 0 Å². The van der Waals surface area contributed by atoms with E-state index in [2.05, 4.69) is 15.3 Å². The molecule has 0 bridgehead atoms. The van der Waals surface area contributed by atoms with Crippen LogP contribution in [0.5, 0.6) is 0 Å². The molecular formula is C17H17N3O. The largest absolute Gasteiger partial charge is 0.350 e. The van der Waals surface area contributed by atoms with Gasteiger partial charge >= 0.3 is 0 Å². The van der Waals surface area contributed by atoms with E-state index in [-0.39, 0.29) is 11.8 Å². The predicted molar refractivity (Wildman–Crippen MR) is 81.1 cm³/mol. The molecule has 0 saturated heterocycles. The SMILES string of the molecule is CC1=C(c2ccccc2)C1C(=O)NCc1cnc(C)cn1. The van der Waals surface area contributed by atoms with Crippen molar-refractivity contribution in [1.82, 2.24) is 15.3 Å². The molecule has 21 heavy (non-hydrogen) atoms. The molecule has 4 nitrogen and oxygen atoms in total. The first-order valence-corrected chi connectivity index (χ1v) is 6.98. The van der Waals surface area contributed by atoms with Gasteiger partial charge in [0, 0.05) is 6.20 Å². The molecule has 1 heterocycles. The molecule has 4 heteroatoms. The zero-order valence-electron chi connectivity index (χ0n) is 12.1. The van der Waals surface area contributed by atoms with Gasteiger partial charge in [-0.15, -0.1) is 0 Å². The summed E-state index contributed by atoms with van der Waals surface area (Å²) < 4.78 is 0. The lowest BCUT2D eigenvalue weighted by molar-refractivity contribution is -0.121. The molecule has 1 aromatic heterocycles. The van der Waals surface area contributed by atoms with E-state index >= 15 is 0 Å². The first-order valence-electron chi connectivity index (χ1n) is 6.98. The summed E-state index contributed by atoms with van der Waals surface area (Å²) in [7, 11) is 0. The second-order valence-electron chi connectivity index (χ2n) is 5.26. The lowest BCUT2D eigenvalue weighted by Gasteiger charge is -2.05. The number of aryl methyl sites for hydroxylation is 1. The number of hydrogen-bond acceptors (Lipinski definition) is 3. The molecular weight excluding hydrogens is 262 g/mol. The number of carbonyl (C=O) groups excluding carboxylic acids is 1. The predicted octanol–water partition coefficient (Wildman–Crippen LogP) is 2.50. The maximum atomic E-state index is 12.2. The van der Waals surface area contributed by atoms with Gasteiger partial charge in [-0.3, -0.25) is 14.8 Å². The van der Waals surface area contributed by atoms with Crippen molar-refractivity contribution in [1.29, 1.82) is 0 Å². The second-order valence-corrected chi connectivity index (χ2v) is 5.26. The van der Waals surface area contributed by atoms with Gasteiger partial charge in [-0.2, -0.15) is 0 Å². The van der Waals surface area contributed by atoms with Crippen molar-refractivity contribution in [2.75, 3.05) is 0 Å². The summed E-state index contributed by atoms with van der Waals surface area (Å²) in [6, 6.07) is 10.0. The Morgan fingerprint density at radius 2 is 1.90 bits per heavy atom. The number of nitrogens with zero attached hydrogens (tertiary/aromatic N) is 2. The molecule has 106 valence electrons. The zero-order chi connectivity index (χ0) is 14.8. The van der Waals surface area contributed by atoms with Gasteiger partial charge in [0.05, 0.1) is 30.0 Å². The minimum Gasteiger partial charge on any atom is -0.350 e. The average Bonchev–Trinajstić information content (AvgIpc) is 3.19. The van der Waals surface area contributed by atoms with Gasteiger partial charge < -0.3 is 5.32 Å². The minimum atomic E-state index is -0.0918. The summed E-state index contributed by atoms with van der Waals surface area (Å²) in [5.74, 6) is -0.0560. The van der Waals surface area contributed by atoms with Crippen molar-refractivity contribution >= 4 is 11.5 Å². The smallest absolute Gasteiger partial charge is 0.232 e. The molecule has 1 N–H and O–H groups in total. The maximum absolute atomic E-state index is 12.2. The van der Waals surface area contributed by atoms with Gasteiger partial charge in [-0.25, -0.2) is 0 Å². The summed E-state index contributed by atoms with van der Waals surface area (Å²) in [4.78, 5) is 20.6. The first kappa shape index (κ1) is 13.5. The summed E-state index contributed by atoms with van der Waals surface area (Å²) in [5, 5.41) is 2.93. The molecule has 1 aliphatic carbocycles. The van der Waals surface area contributed by atoms with Crippen LogP contribution in [0.3, 0.4) is 0 Å². The highest BCUT2D eigenvalue weighted by atomic mass is 16.2. The van der Waals surface area contributed by atoms with Gasteiger partial charge in [0.15, 0.2) is 0 Å². The van der Waals surface area contributed by atoms with Crippen LogP contribution in [0.4, 0.5) is 0 Å². The molecule has 1 unspecified atom stereocenters. The van der Waals surface area contributed by atoms with E-state index in [0.29, 0.717) is 6.54 Å². The third kappa shape index (κ3) is 2.84. The lowest BCUT2D eigenvalue weighted by Crippen LogP contribution is -2.26. The Morgan fingerprint density at radius 1 is 1.14 bits per heavy atom. The number of carbonyl (C=O) groups is 1. The second kappa shape index (κ2) is 5.48. The summed E-state index contributed by atoms with van der Waals surface area (Å²) in [5.41, 5.74) is 5.06. The maximum Gasteiger partial charge on any atom is 0.232 e. The van der Waals surface area contributed by atoms with Crippen molar-refractivity contribution in [3.05, 3.63) is 65.2 Å². The van der Waals surface area contributed by atoms with E-state index in [1.807, 2.05) is 44.2 Å². The fourth-order valence-corrected chi connectivity index (χ4v) is 2.46. The van der Waals surface area contributed by atoms with E-state index < -0.39 is 0 Å². The van der Waals surface area contributed by atoms with Crippen LogP contribution in [0.15, 0.2) is 48.3 Å². The minimum absolute atomic E-state index is 0.0359. The Morgan fingerprint density at radius 3 is 2.57 bits per heavy atom. The standard InChI is InChI=1S/C17H17N3O/c1-11-8-19-14(9-18-11)10-20-17(21)16-12(2)15(16)13-6-4-3-5-7-13/h3-9,16H,10H2,1-2H3,(H,20,21). The molecule has 0 spiro atoms. The molecule has 1 aromatic carbocycles. The van der Waals surface area contributed by atoms with E-state index in [4.69, 9.17) is 0 Å². The van der Waals surface area contributed by atoms with Crippen LogP contribution in [0.2, 0.25) is 0 Å². The van der Waals surface area contributed by atoms with Crippen LogP contribution in [0.1, 0.15) is 23.9 Å². The molecule has 0 radical (unpaired) electrons. The van der Waals surface area contributed by atoms with E-state index in [9.17, 15) is 4.79 Å². The molecule has 0 saturated carbocycles. The lowest BCUT2D eigenvalue weighted by atomic mass is 10.1. The number of aromatic nitrogens is 2. The highest BCUT2D eigenvalue weighted by Crippen LogP contribution is 2.46. The fraction of sp³-hybridized carbons (Fsp3) is 0.235. The Bertz CT molecular complexity index is 690. The van der Waals surface area contributed by atoms with Crippen LogP contribution in [0, 0.1) is 12.8 Å². The number of hydrogen-bond donors (Lipinski definition) is 1. The Kier molecular flexibility index (Phi) is 3.52. The van der Waals surface area contributed by atoms with Crippen molar-refractivity contribution < 1.29 is 4.79 Å².